The maximum absolute atomic E-state index is 12.3. The molecule has 0 aromatic heterocycles. The molecule has 1 aromatic rings. The van der Waals surface area contributed by atoms with Crippen LogP contribution in [0, 0.1) is 0 Å². The highest BCUT2D eigenvalue weighted by atomic mass is 32.2. The van der Waals surface area contributed by atoms with Gasteiger partial charge in [-0.2, -0.15) is 11.8 Å². The van der Waals surface area contributed by atoms with E-state index in [0.717, 1.165) is 30.8 Å². The number of sulfonamides is 1. The van der Waals surface area contributed by atoms with Gasteiger partial charge < -0.3 is 5.32 Å². The van der Waals surface area contributed by atoms with Crippen molar-refractivity contribution in [3.63, 3.8) is 0 Å². The fourth-order valence-corrected chi connectivity index (χ4v) is 4.74. The molecule has 0 radical (unpaired) electrons. The van der Waals surface area contributed by atoms with Crippen LogP contribution in [-0.2, 0) is 16.6 Å². The second-order valence-electron chi connectivity index (χ2n) is 5.26. The molecular formula is C15H24N2O2S2. The molecule has 1 unspecified atom stereocenters. The van der Waals surface area contributed by atoms with Crippen LogP contribution in [0.2, 0.25) is 0 Å². The third-order valence-electron chi connectivity index (χ3n) is 3.59. The molecule has 1 fully saturated rings. The summed E-state index contributed by atoms with van der Waals surface area (Å²) in [5, 5.41) is 3.64. The number of thioether (sulfide) groups is 1. The molecule has 6 heteroatoms. The molecule has 1 atom stereocenters. The van der Waals surface area contributed by atoms with E-state index < -0.39 is 10.0 Å². The minimum atomic E-state index is -3.38. The van der Waals surface area contributed by atoms with Crippen molar-refractivity contribution >= 4 is 21.8 Å². The van der Waals surface area contributed by atoms with E-state index in [-0.39, 0.29) is 0 Å². The summed E-state index contributed by atoms with van der Waals surface area (Å²) >= 11 is 1.88. The molecule has 0 bridgehead atoms. The molecular weight excluding hydrogens is 304 g/mol. The van der Waals surface area contributed by atoms with Gasteiger partial charge >= 0.3 is 0 Å². The third kappa shape index (κ3) is 5.29. The first-order valence-electron chi connectivity index (χ1n) is 7.53. The third-order valence-corrected chi connectivity index (χ3v) is 6.43. The van der Waals surface area contributed by atoms with E-state index in [4.69, 9.17) is 0 Å². The van der Waals surface area contributed by atoms with Crippen LogP contribution in [0.4, 0.5) is 0 Å². The molecule has 1 aromatic carbocycles. The number of nitrogens with one attached hydrogen (secondary N) is 2. The van der Waals surface area contributed by atoms with Gasteiger partial charge in [0.15, 0.2) is 0 Å². The zero-order valence-corrected chi connectivity index (χ0v) is 14.1. The first-order valence-corrected chi connectivity index (χ1v) is 10.1. The van der Waals surface area contributed by atoms with Crippen LogP contribution in [-0.4, -0.2) is 32.5 Å². The molecule has 1 aliphatic heterocycles. The van der Waals surface area contributed by atoms with Gasteiger partial charge in [-0.05, 0) is 42.8 Å². The Morgan fingerprint density at radius 1 is 1.24 bits per heavy atom. The molecule has 1 heterocycles. The Hall–Kier alpha value is -0.560. The van der Waals surface area contributed by atoms with Crippen LogP contribution >= 0.6 is 11.8 Å². The average molecular weight is 329 g/mol. The molecule has 2 N–H and O–H groups in total. The predicted molar refractivity (Wildman–Crippen MR) is 89.1 cm³/mol. The number of hydrogen-bond donors (Lipinski definition) is 2. The Balaban J connectivity index is 1.91. The van der Waals surface area contributed by atoms with Crippen LogP contribution in [0.15, 0.2) is 29.2 Å². The summed E-state index contributed by atoms with van der Waals surface area (Å²) in [7, 11) is -3.38. The Morgan fingerprint density at radius 3 is 2.62 bits per heavy atom. The van der Waals surface area contributed by atoms with Crippen LogP contribution in [0.25, 0.3) is 0 Å². The maximum atomic E-state index is 12.3. The minimum absolute atomic E-state index is 0.351. The Bertz CT molecular complexity index is 523. The lowest BCUT2D eigenvalue weighted by Crippen LogP contribution is -2.32. The van der Waals surface area contributed by atoms with Gasteiger partial charge in [0.1, 0.15) is 0 Å². The van der Waals surface area contributed by atoms with Gasteiger partial charge in [-0.15, -0.1) is 0 Å². The van der Waals surface area contributed by atoms with E-state index >= 15 is 0 Å². The first-order chi connectivity index (χ1) is 10.1. The summed E-state index contributed by atoms with van der Waals surface area (Å²) in [6.07, 6.45) is 3.56. The van der Waals surface area contributed by atoms with Crippen molar-refractivity contribution in [3.8, 4) is 0 Å². The molecule has 0 aliphatic carbocycles. The molecule has 2 rings (SSSR count). The van der Waals surface area contributed by atoms with Crippen molar-refractivity contribution in [2.24, 2.45) is 0 Å². The van der Waals surface area contributed by atoms with Crippen LogP contribution in [0.3, 0.4) is 0 Å². The van der Waals surface area contributed by atoms with Crippen molar-refractivity contribution in [1.82, 2.24) is 10.0 Å². The summed E-state index contributed by atoms with van der Waals surface area (Å²) in [5.74, 6) is 1.14. The van der Waals surface area contributed by atoms with E-state index in [1.54, 1.807) is 12.1 Å². The maximum Gasteiger partial charge on any atom is 0.240 e. The summed E-state index contributed by atoms with van der Waals surface area (Å²) in [5.41, 5.74) is 1.10. The lowest BCUT2D eigenvalue weighted by Gasteiger charge is -2.21. The smallest absolute Gasteiger partial charge is 0.240 e. The second-order valence-corrected chi connectivity index (χ2v) is 8.44. The van der Waals surface area contributed by atoms with Gasteiger partial charge in [-0.3, -0.25) is 0 Å². The Morgan fingerprint density at radius 2 is 2.00 bits per heavy atom. The minimum Gasteiger partial charge on any atom is -0.313 e. The van der Waals surface area contributed by atoms with Gasteiger partial charge in [0.05, 0.1) is 4.90 Å². The zero-order valence-electron chi connectivity index (χ0n) is 12.5. The largest absolute Gasteiger partial charge is 0.313 e. The van der Waals surface area contributed by atoms with Gasteiger partial charge in [0, 0.05) is 18.3 Å². The van der Waals surface area contributed by atoms with Crippen molar-refractivity contribution in [2.75, 3.05) is 18.8 Å². The van der Waals surface area contributed by atoms with Crippen molar-refractivity contribution < 1.29 is 8.42 Å². The monoisotopic (exact) mass is 328 g/mol. The highest BCUT2D eigenvalue weighted by Gasteiger charge is 2.19. The Labute approximate surface area is 132 Å². The van der Waals surface area contributed by atoms with Gasteiger partial charge in [-0.1, -0.05) is 25.5 Å². The molecule has 0 spiro atoms. The number of rotatable bonds is 7. The zero-order chi connectivity index (χ0) is 15.1. The predicted octanol–water partition coefficient (Wildman–Crippen LogP) is 2.36. The van der Waals surface area contributed by atoms with Crippen LogP contribution < -0.4 is 10.0 Å². The molecule has 1 saturated heterocycles. The van der Waals surface area contributed by atoms with Crippen LogP contribution in [0.1, 0.15) is 31.7 Å². The SMILES string of the molecule is CCNCc1ccc(S(=O)(=O)NCC2CCCCS2)cc1. The van der Waals surface area contributed by atoms with Gasteiger partial charge in [-0.25, -0.2) is 13.1 Å². The lowest BCUT2D eigenvalue weighted by molar-refractivity contribution is 0.573. The van der Waals surface area contributed by atoms with E-state index in [2.05, 4.69) is 10.0 Å². The quantitative estimate of drug-likeness (QED) is 0.807. The highest BCUT2D eigenvalue weighted by molar-refractivity contribution is 8.00. The summed E-state index contributed by atoms with van der Waals surface area (Å²) in [6.45, 7) is 4.25. The van der Waals surface area contributed by atoms with E-state index in [1.165, 1.54) is 12.8 Å². The molecule has 1 aliphatic rings. The lowest BCUT2D eigenvalue weighted by atomic mass is 10.2. The fraction of sp³-hybridized carbons (Fsp3) is 0.600. The standard InChI is InChI=1S/C15H24N2O2S2/c1-2-16-11-13-6-8-15(9-7-13)21(18,19)17-12-14-5-3-4-10-20-14/h6-9,14,16-17H,2-5,10-12H2,1H3. The highest BCUT2D eigenvalue weighted by Crippen LogP contribution is 2.24. The van der Waals surface area contributed by atoms with E-state index in [1.807, 2.05) is 30.8 Å². The molecule has 21 heavy (non-hydrogen) atoms. The van der Waals surface area contributed by atoms with E-state index in [0.29, 0.717) is 16.7 Å². The number of hydrogen-bond acceptors (Lipinski definition) is 4. The van der Waals surface area contributed by atoms with Crippen molar-refractivity contribution in [1.29, 1.82) is 0 Å². The van der Waals surface area contributed by atoms with Gasteiger partial charge in [0.25, 0.3) is 0 Å². The fourth-order valence-electron chi connectivity index (χ4n) is 2.31. The molecule has 4 nitrogen and oxygen atoms in total. The van der Waals surface area contributed by atoms with Crippen molar-refractivity contribution in [3.05, 3.63) is 29.8 Å². The van der Waals surface area contributed by atoms with Crippen LogP contribution in [0.5, 0.6) is 0 Å². The second kappa shape index (κ2) is 8.17. The first kappa shape index (κ1) is 16.8. The molecule has 118 valence electrons. The topological polar surface area (TPSA) is 58.2 Å². The number of benzene rings is 1. The Kier molecular flexibility index (Phi) is 6.54. The summed E-state index contributed by atoms with van der Waals surface area (Å²) in [6, 6.07) is 7.10. The average Bonchev–Trinajstić information content (AvgIpc) is 2.52. The normalized spacial score (nSPS) is 19.6. The van der Waals surface area contributed by atoms with Crippen molar-refractivity contribution in [2.45, 2.75) is 42.9 Å². The molecule has 0 amide bonds. The van der Waals surface area contributed by atoms with Gasteiger partial charge in [0.2, 0.25) is 10.0 Å². The summed E-state index contributed by atoms with van der Waals surface area (Å²) < 4.78 is 27.3. The van der Waals surface area contributed by atoms with E-state index in [9.17, 15) is 8.42 Å². The molecule has 0 saturated carbocycles. The summed E-state index contributed by atoms with van der Waals surface area (Å²) in [4.78, 5) is 0.351.